The van der Waals surface area contributed by atoms with E-state index in [0.717, 1.165) is 11.3 Å². The summed E-state index contributed by atoms with van der Waals surface area (Å²) >= 11 is 1.07. The molecule has 0 saturated carbocycles. The molecular formula is C15H15F3N2O4S. The van der Waals surface area contributed by atoms with Gasteiger partial charge in [-0.25, -0.2) is 0 Å². The van der Waals surface area contributed by atoms with Gasteiger partial charge < -0.3 is 19.8 Å². The van der Waals surface area contributed by atoms with Crippen LogP contribution < -0.4 is 10.6 Å². The molecule has 136 valence electrons. The number of hydrogen-bond donors (Lipinski definition) is 2. The SMILES string of the molecule is O=C(Nc1ccc(C(=O)NCCCOCC(F)(F)F)s1)c1ccco1. The fourth-order valence-corrected chi connectivity index (χ4v) is 2.58. The van der Waals surface area contributed by atoms with E-state index in [-0.39, 0.29) is 31.2 Å². The summed E-state index contributed by atoms with van der Waals surface area (Å²) < 4.78 is 45.0. The van der Waals surface area contributed by atoms with Crippen molar-refractivity contribution in [1.29, 1.82) is 0 Å². The molecule has 0 aliphatic rings. The van der Waals surface area contributed by atoms with Crippen LogP contribution in [0.4, 0.5) is 18.2 Å². The summed E-state index contributed by atoms with van der Waals surface area (Å²) in [7, 11) is 0. The molecule has 0 unspecified atom stereocenters. The Morgan fingerprint density at radius 1 is 1.20 bits per heavy atom. The number of carbonyl (C=O) groups is 2. The highest BCUT2D eigenvalue weighted by Crippen LogP contribution is 2.22. The van der Waals surface area contributed by atoms with Gasteiger partial charge in [-0.15, -0.1) is 11.3 Å². The number of ether oxygens (including phenoxy) is 1. The topological polar surface area (TPSA) is 80.6 Å². The lowest BCUT2D eigenvalue weighted by Gasteiger charge is -2.07. The van der Waals surface area contributed by atoms with E-state index in [4.69, 9.17) is 4.42 Å². The lowest BCUT2D eigenvalue weighted by molar-refractivity contribution is -0.173. The van der Waals surface area contributed by atoms with Crippen LogP contribution in [-0.4, -0.2) is 37.7 Å². The Kier molecular flexibility index (Phi) is 6.59. The highest BCUT2D eigenvalue weighted by molar-refractivity contribution is 7.18. The first-order valence-corrected chi connectivity index (χ1v) is 8.04. The van der Waals surface area contributed by atoms with Gasteiger partial charge in [0.25, 0.3) is 11.8 Å². The molecule has 0 saturated heterocycles. The monoisotopic (exact) mass is 376 g/mol. The van der Waals surface area contributed by atoms with E-state index in [2.05, 4.69) is 15.4 Å². The summed E-state index contributed by atoms with van der Waals surface area (Å²) in [5, 5.41) is 5.64. The van der Waals surface area contributed by atoms with Crippen molar-refractivity contribution in [2.24, 2.45) is 0 Å². The Hall–Kier alpha value is -2.33. The first-order chi connectivity index (χ1) is 11.8. The fraction of sp³-hybridized carbons (Fsp3) is 0.333. The second-order valence-electron chi connectivity index (χ2n) is 4.87. The molecule has 0 fully saturated rings. The first-order valence-electron chi connectivity index (χ1n) is 7.22. The van der Waals surface area contributed by atoms with Gasteiger partial charge in [-0.2, -0.15) is 13.2 Å². The second kappa shape index (κ2) is 8.67. The van der Waals surface area contributed by atoms with Gasteiger partial charge in [0.1, 0.15) is 6.61 Å². The molecule has 2 aromatic heterocycles. The Balaban J connectivity index is 1.70. The van der Waals surface area contributed by atoms with Crippen molar-refractivity contribution in [2.45, 2.75) is 12.6 Å². The minimum atomic E-state index is -4.35. The van der Waals surface area contributed by atoms with Crippen molar-refractivity contribution < 1.29 is 31.9 Å². The largest absolute Gasteiger partial charge is 0.459 e. The summed E-state index contributed by atoms with van der Waals surface area (Å²) in [6.45, 7) is -1.22. The van der Waals surface area contributed by atoms with E-state index in [1.54, 1.807) is 12.1 Å². The van der Waals surface area contributed by atoms with Crippen molar-refractivity contribution in [3.05, 3.63) is 41.2 Å². The molecule has 2 heterocycles. The first kappa shape index (κ1) is 19.0. The van der Waals surface area contributed by atoms with Gasteiger partial charge in [-0.1, -0.05) is 0 Å². The fourth-order valence-electron chi connectivity index (χ4n) is 1.76. The summed E-state index contributed by atoms with van der Waals surface area (Å²) in [4.78, 5) is 24.1. The van der Waals surface area contributed by atoms with Gasteiger partial charge in [0.15, 0.2) is 5.76 Å². The number of amides is 2. The number of anilines is 1. The third kappa shape index (κ3) is 6.59. The standard InChI is InChI=1S/C15H15F3N2O4S/c16-15(17,18)9-23-7-2-6-19-14(22)11-4-5-12(25-11)20-13(21)10-3-1-8-24-10/h1,3-5,8H,2,6-7,9H2,(H,19,22)(H,20,21). The van der Waals surface area contributed by atoms with E-state index in [1.165, 1.54) is 18.4 Å². The second-order valence-corrected chi connectivity index (χ2v) is 5.96. The van der Waals surface area contributed by atoms with Crippen LogP contribution in [0.2, 0.25) is 0 Å². The van der Waals surface area contributed by atoms with E-state index in [9.17, 15) is 22.8 Å². The lowest BCUT2D eigenvalue weighted by atomic mass is 10.4. The van der Waals surface area contributed by atoms with E-state index in [1.807, 2.05) is 0 Å². The molecular weight excluding hydrogens is 361 g/mol. The van der Waals surface area contributed by atoms with Crippen LogP contribution in [0.25, 0.3) is 0 Å². The number of halogens is 3. The molecule has 0 aromatic carbocycles. The number of thiophene rings is 1. The van der Waals surface area contributed by atoms with Gasteiger partial charge in [0.2, 0.25) is 0 Å². The van der Waals surface area contributed by atoms with E-state index in [0.29, 0.717) is 9.88 Å². The molecule has 0 aliphatic heterocycles. The molecule has 6 nitrogen and oxygen atoms in total. The average Bonchev–Trinajstić information content (AvgIpc) is 3.20. The normalized spacial score (nSPS) is 11.3. The summed E-state index contributed by atoms with van der Waals surface area (Å²) in [5.41, 5.74) is 0. The zero-order valence-electron chi connectivity index (χ0n) is 12.9. The third-order valence-electron chi connectivity index (χ3n) is 2.83. The number of hydrogen-bond acceptors (Lipinski definition) is 5. The van der Waals surface area contributed by atoms with Crippen LogP contribution in [0, 0.1) is 0 Å². The highest BCUT2D eigenvalue weighted by atomic mass is 32.1. The Morgan fingerprint density at radius 2 is 2.00 bits per heavy atom. The molecule has 2 aromatic rings. The Labute approximate surface area is 145 Å². The maximum absolute atomic E-state index is 11.9. The highest BCUT2D eigenvalue weighted by Gasteiger charge is 2.27. The van der Waals surface area contributed by atoms with Gasteiger partial charge in [-0.05, 0) is 30.7 Å². The Morgan fingerprint density at radius 3 is 2.68 bits per heavy atom. The van der Waals surface area contributed by atoms with Crippen LogP contribution in [0.15, 0.2) is 34.9 Å². The summed E-state index contributed by atoms with van der Waals surface area (Å²) in [6, 6.07) is 6.21. The van der Waals surface area contributed by atoms with Crippen LogP contribution >= 0.6 is 11.3 Å². The Bertz CT molecular complexity index is 698. The van der Waals surface area contributed by atoms with Crippen molar-refractivity contribution in [2.75, 3.05) is 25.1 Å². The summed E-state index contributed by atoms with van der Waals surface area (Å²) in [5.74, 6) is -0.654. The smallest absolute Gasteiger partial charge is 0.411 e. The van der Waals surface area contributed by atoms with Crippen molar-refractivity contribution in [3.8, 4) is 0 Å². The molecule has 2 rings (SSSR count). The maximum Gasteiger partial charge on any atom is 0.411 e. The number of carbonyl (C=O) groups excluding carboxylic acids is 2. The predicted octanol–water partition coefficient (Wildman–Crippen LogP) is 3.29. The van der Waals surface area contributed by atoms with Crippen molar-refractivity contribution >= 4 is 28.2 Å². The third-order valence-corrected chi connectivity index (χ3v) is 3.83. The van der Waals surface area contributed by atoms with Crippen molar-refractivity contribution in [3.63, 3.8) is 0 Å². The lowest BCUT2D eigenvalue weighted by Crippen LogP contribution is -2.25. The van der Waals surface area contributed by atoms with Crippen molar-refractivity contribution in [1.82, 2.24) is 5.32 Å². The van der Waals surface area contributed by atoms with Crippen LogP contribution in [0.3, 0.4) is 0 Å². The molecule has 0 bridgehead atoms. The zero-order chi connectivity index (χ0) is 18.3. The maximum atomic E-state index is 11.9. The molecule has 2 amide bonds. The van der Waals surface area contributed by atoms with Gasteiger partial charge in [-0.3, -0.25) is 9.59 Å². The molecule has 0 atom stereocenters. The molecule has 2 N–H and O–H groups in total. The van der Waals surface area contributed by atoms with E-state index >= 15 is 0 Å². The number of furan rings is 1. The molecule has 0 aliphatic carbocycles. The number of alkyl halides is 3. The number of nitrogens with one attached hydrogen (secondary N) is 2. The van der Waals surface area contributed by atoms with Crippen LogP contribution in [-0.2, 0) is 4.74 Å². The summed E-state index contributed by atoms with van der Waals surface area (Å²) in [6.07, 6.45) is -2.72. The minimum absolute atomic E-state index is 0.102. The molecule has 10 heteroatoms. The van der Waals surface area contributed by atoms with Gasteiger partial charge in [0, 0.05) is 13.2 Å². The minimum Gasteiger partial charge on any atom is -0.459 e. The van der Waals surface area contributed by atoms with Gasteiger partial charge >= 0.3 is 6.18 Å². The molecule has 0 radical (unpaired) electrons. The zero-order valence-corrected chi connectivity index (χ0v) is 13.7. The quantitative estimate of drug-likeness (QED) is 0.693. The van der Waals surface area contributed by atoms with Gasteiger partial charge in [0.05, 0.1) is 16.1 Å². The average molecular weight is 376 g/mol. The van der Waals surface area contributed by atoms with Crippen LogP contribution in [0.5, 0.6) is 0 Å². The molecule has 25 heavy (non-hydrogen) atoms. The van der Waals surface area contributed by atoms with E-state index < -0.39 is 18.7 Å². The molecule has 0 spiro atoms. The number of rotatable bonds is 8. The van der Waals surface area contributed by atoms with Crippen LogP contribution in [0.1, 0.15) is 26.6 Å². The predicted molar refractivity (Wildman–Crippen MR) is 84.8 cm³/mol.